The van der Waals surface area contributed by atoms with Crippen molar-refractivity contribution in [2.75, 3.05) is 23.4 Å². The second kappa shape index (κ2) is 5.35. The van der Waals surface area contributed by atoms with Crippen molar-refractivity contribution in [2.24, 2.45) is 0 Å². The maximum atomic E-state index is 3.47. The Morgan fingerprint density at radius 3 is 2.79 bits per heavy atom. The largest absolute Gasteiger partial charge is 0.366 e. The fourth-order valence-electron chi connectivity index (χ4n) is 2.65. The van der Waals surface area contributed by atoms with E-state index in [1.807, 2.05) is 0 Å². The van der Waals surface area contributed by atoms with Crippen LogP contribution in [0.15, 0.2) is 48.5 Å². The first-order valence-corrected chi connectivity index (χ1v) is 6.96. The summed E-state index contributed by atoms with van der Waals surface area (Å²) in [6.07, 6.45) is 2.34. The normalized spacial score (nSPS) is 13.2. The molecule has 19 heavy (non-hydrogen) atoms. The van der Waals surface area contributed by atoms with E-state index in [1.54, 1.807) is 0 Å². The molecule has 3 rings (SSSR count). The Kier molecular flexibility index (Phi) is 3.41. The molecule has 0 saturated carbocycles. The summed E-state index contributed by atoms with van der Waals surface area (Å²) in [5.74, 6) is 0. The highest BCUT2D eigenvalue weighted by atomic mass is 15.3. The highest BCUT2D eigenvalue weighted by Gasteiger charge is 2.17. The number of hydrogen-bond acceptors (Lipinski definition) is 2. The molecule has 1 aliphatic heterocycles. The molecule has 2 aromatic rings. The van der Waals surface area contributed by atoms with Crippen LogP contribution in [0.1, 0.15) is 17.5 Å². The summed E-state index contributed by atoms with van der Waals surface area (Å²) in [7, 11) is 0. The van der Waals surface area contributed by atoms with Crippen LogP contribution < -0.4 is 10.2 Å². The van der Waals surface area contributed by atoms with Crippen LogP contribution in [0.4, 0.5) is 11.4 Å². The molecule has 1 heterocycles. The van der Waals surface area contributed by atoms with Gasteiger partial charge in [-0.05, 0) is 43.0 Å². The van der Waals surface area contributed by atoms with Gasteiger partial charge in [-0.3, -0.25) is 0 Å². The van der Waals surface area contributed by atoms with Gasteiger partial charge in [-0.25, -0.2) is 0 Å². The van der Waals surface area contributed by atoms with Crippen molar-refractivity contribution < 1.29 is 0 Å². The third-order valence-electron chi connectivity index (χ3n) is 3.69. The Balaban J connectivity index is 1.58. The van der Waals surface area contributed by atoms with Gasteiger partial charge in [0.15, 0.2) is 0 Å². The molecule has 0 saturated heterocycles. The fourth-order valence-corrected chi connectivity index (χ4v) is 2.65. The lowest BCUT2D eigenvalue weighted by molar-refractivity contribution is 0.765. The number of hydrogen-bond donors (Lipinski definition) is 1. The predicted octanol–water partition coefficient (Wildman–Crippen LogP) is 3.82. The first kappa shape index (κ1) is 12.1. The molecule has 0 aliphatic carbocycles. The lowest BCUT2D eigenvalue weighted by atomic mass is 10.1. The quantitative estimate of drug-likeness (QED) is 0.890. The Hall–Kier alpha value is -1.96. The minimum Gasteiger partial charge on any atom is -0.366 e. The van der Waals surface area contributed by atoms with Gasteiger partial charge >= 0.3 is 0 Å². The van der Waals surface area contributed by atoms with Crippen molar-refractivity contribution in [2.45, 2.75) is 19.8 Å². The molecule has 2 nitrogen and oxygen atoms in total. The average Bonchev–Trinajstić information content (AvgIpc) is 2.82. The predicted molar refractivity (Wildman–Crippen MR) is 81.8 cm³/mol. The molecule has 0 unspecified atom stereocenters. The van der Waals surface area contributed by atoms with Crippen LogP contribution >= 0.6 is 0 Å². The molecular formula is C17H20N2. The van der Waals surface area contributed by atoms with Gasteiger partial charge in [0.25, 0.3) is 0 Å². The first-order valence-electron chi connectivity index (χ1n) is 6.96. The zero-order valence-electron chi connectivity index (χ0n) is 11.4. The van der Waals surface area contributed by atoms with E-state index in [1.165, 1.54) is 28.9 Å². The van der Waals surface area contributed by atoms with Crippen molar-refractivity contribution in [3.63, 3.8) is 0 Å². The molecule has 2 heteroatoms. The summed E-state index contributed by atoms with van der Waals surface area (Å²) >= 11 is 0. The summed E-state index contributed by atoms with van der Waals surface area (Å²) in [6.45, 7) is 4.19. The number of benzene rings is 2. The molecule has 0 aromatic heterocycles. The maximum absolute atomic E-state index is 3.47. The summed E-state index contributed by atoms with van der Waals surface area (Å²) in [5.41, 5.74) is 5.37. The molecule has 0 spiro atoms. The lowest BCUT2D eigenvalue weighted by Crippen LogP contribution is -2.24. The highest BCUT2D eigenvalue weighted by molar-refractivity contribution is 5.75. The minimum atomic E-state index is 0.938. The summed E-state index contributed by atoms with van der Waals surface area (Å²) in [6, 6.07) is 17.4. The van der Waals surface area contributed by atoms with Gasteiger partial charge in [0.1, 0.15) is 0 Å². The number of nitrogens with one attached hydrogen (secondary N) is 1. The molecule has 0 fully saturated rings. The lowest BCUT2D eigenvalue weighted by Gasteiger charge is -2.17. The highest BCUT2D eigenvalue weighted by Crippen LogP contribution is 2.31. The summed E-state index contributed by atoms with van der Waals surface area (Å²) in [5, 5.41) is 3.47. The van der Waals surface area contributed by atoms with Crippen molar-refractivity contribution in [1.82, 2.24) is 0 Å². The second-order valence-electron chi connectivity index (χ2n) is 5.21. The fraction of sp³-hybridized carbons (Fsp3) is 0.294. The zero-order valence-corrected chi connectivity index (χ0v) is 11.4. The number of anilines is 2. The first-order chi connectivity index (χ1) is 9.33. The van der Waals surface area contributed by atoms with Crippen LogP contribution in [0.25, 0.3) is 0 Å². The van der Waals surface area contributed by atoms with E-state index in [4.69, 9.17) is 0 Å². The van der Waals surface area contributed by atoms with Crippen molar-refractivity contribution >= 4 is 11.4 Å². The van der Waals surface area contributed by atoms with E-state index in [2.05, 4.69) is 65.7 Å². The molecule has 1 aliphatic rings. The van der Waals surface area contributed by atoms with E-state index in [0.29, 0.717) is 0 Å². The standard InChI is InChI=1S/C17H20N2/c1-14-9-10-17-16(12-14)18-13-19(17)11-5-8-15-6-3-2-4-7-15/h2-4,6-7,9-10,12,18H,5,8,11,13H2,1H3. The van der Waals surface area contributed by atoms with Crippen LogP contribution in [0.5, 0.6) is 0 Å². The van der Waals surface area contributed by atoms with Crippen LogP contribution in [0.3, 0.4) is 0 Å². The van der Waals surface area contributed by atoms with Crippen LogP contribution in [-0.2, 0) is 6.42 Å². The molecule has 98 valence electrons. The van der Waals surface area contributed by atoms with Gasteiger partial charge in [-0.2, -0.15) is 0 Å². The third-order valence-corrected chi connectivity index (χ3v) is 3.69. The molecule has 2 aromatic carbocycles. The number of fused-ring (bicyclic) bond motifs is 1. The van der Waals surface area contributed by atoms with Gasteiger partial charge in [0, 0.05) is 6.54 Å². The SMILES string of the molecule is Cc1ccc2c(c1)NCN2CCCc1ccccc1. The average molecular weight is 252 g/mol. The van der Waals surface area contributed by atoms with Gasteiger partial charge in [0.05, 0.1) is 18.0 Å². The Labute approximate surface area is 115 Å². The van der Waals surface area contributed by atoms with Gasteiger partial charge < -0.3 is 10.2 Å². The number of rotatable bonds is 4. The molecule has 0 amide bonds. The number of nitrogens with zero attached hydrogens (tertiary/aromatic N) is 1. The van der Waals surface area contributed by atoms with Gasteiger partial charge in [-0.1, -0.05) is 36.4 Å². The maximum Gasteiger partial charge on any atom is 0.0877 e. The number of aryl methyl sites for hydroxylation is 2. The van der Waals surface area contributed by atoms with Crippen LogP contribution in [0.2, 0.25) is 0 Å². The molecule has 1 N–H and O–H groups in total. The third kappa shape index (κ3) is 2.73. The minimum absolute atomic E-state index is 0.938. The zero-order chi connectivity index (χ0) is 13.1. The van der Waals surface area contributed by atoms with E-state index in [9.17, 15) is 0 Å². The monoisotopic (exact) mass is 252 g/mol. The molecule has 0 bridgehead atoms. The summed E-state index contributed by atoms with van der Waals surface area (Å²) in [4.78, 5) is 2.43. The van der Waals surface area contributed by atoms with Crippen LogP contribution in [-0.4, -0.2) is 13.2 Å². The van der Waals surface area contributed by atoms with E-state index < -0.39 is 0 Å². The van der Waals surface area contributed by atoms with Gasteiger partial charge in [0.2, 0.25) is 0 Å². The van der Waals surface area contributed by atoms with Crippen molar-refractivity contribution in [3.8, 4) is 0 Å². The van der Waals surface area contributed by atoms with E-state index in [0.717, 1.165) is 19.6 Å². The Morgan fingerprint density at radius 2 is 1.95 bits per heavy atom. The van der Waals surface area contributed by atoms with Crippen molar-refractivity contribution in [1.29, 1.82) is 0 Å². The van der Waals surface area contributed by atoms with Crippen molar-refractivity contribution in [3.05, 3.63) is 59.7 Å². The smallest absolute Gasteiger partial charge is 0.0877 e. The molecule has 0 atom stereocenters. The molecule has 0 radical (unpaired) electrons. The molecular weight excluding hydrogens is 232 g/mol. The van der Waals surface area contributed by atoms with E-state index in [-0.39, 0.29) is 0 Å². The van der Waals surface area contributed by atoms with E-state index >= 15 is 0 Å². The van der Waals surface area contributed by atoms with Crippen LogP contribution in [0, 0.1) is 6.92 Å². The second-order valence-corrected chi connectivity index (χ2v) is 5.21. The topological polar surface area (TPSA) is 15.3 Å². The Morgan fingerprint density at radius 1 is 1.11 bits per heavy atom. The Bertz CT molecular complexity index is 548. The summed E-state index contributed by atoms with van der Waals surface area (Å²) < 4.78 is 0. The van der Waals surface area contributed by atoms with Gasteiger partial charge in [-0.15, -0.1) is 0 Å².